The van der Waals surface area contributed by atoms with Crippen LogP contribution in [0, 0.1) is 6.92 Å². The predicted molar refractivity (Wildman–Crippen MR) is 90.7 cm³/mol. The standard InChI is InChI=1S/C16H15AsN2O6/c1-8(20)18-11-6-12(16(21)13(7-11)17(22,23)24)10-3-4-14-15(5-10)25-9(2)19-14/h3-7,21H,1-2H3,(H,18,20)(H2,22,23,24). The number of oxazole rings is 1. The second-order valence-corrected chi connectivity index (χ2v) is 8.83. The number of rotatable bonds is 3. The number of nitrogens with one attached hydrogen (secondary N) is 1. The molecule has 0 fully saturated rings. The maximum atomic E-state index is 11.7. The maximum absolute atomic E-state index is 11.7. The molecule has 0 saturated heterocycles. The molecule has 2 aromatic carbocycles. The van der Waals surface area contributed by atoms with Crippen LogP contribution in [0.15, 0.2) is 34.7 Å². The van der Waals surface area contributed by atoms with Gasteiger partial charge in [-0.3, -0.25) is 0 Å². The van der Waals surface area contributed by atoms with E-state index in [-0.39, 0.29) is 11.3 Å². The Hall–Kier alpha value is -2.54. The van der Waals surface area contributed by atoms with E-state index in [0.717, 1.165) is 6.07 Å². The Labute approximate surface area is 145 Å². The summed E-state index contributed by atoms with van der Waals surface area (Å²) in [5.41, 5.74) is 1.91. The molecular formula is C16H15AsN2O6. The van der Waals surface area contributed by atoms with Crippen LogP contribution in [0.1, 0.15) is 12.8 Å². The molecule has 0 saturated carbocycles. The van der Waals surface area contributed by atoms with Gasteiger partial charge in [0.15, 0.2) is 0 Å². The molecule has 0 atom stereocenters. The van der Waals surface area contributed by atoms with E-state index < -0.39 is 30.2 Å². The zero-order chi connectivity index (χ0) is 18.4. The molecular weight excluding hydrogens is 391 g/mol. The molecule has 0 aliphatic carbocycles. The van der Waals surface area contributed by atoms with Crippen molar-refractivity contribution in [3.8, 4) is 16.9 Å². The topological polar surface area (TPSA) is 133 Å². The summed E-state index contributed by atoms with van der Waals surface area (Å²) in [4.78, 5) is 15.5. The van der Waals surface area contributed by atoms with E-state index in [2.05, 4.69) is 10.3 Å². The minimum atomic E-state index is -5.43. The van der Waals surface area contributed by atoms with Crippen molar-refractivity contribution in [3.63, 3.8) is 0 Å². The average Bonchev–Trinajstić information content (AvgIpc) is 2.86. The fourth-order valence-electron chi connectivity index (χ4n) is 2.54. The number of aromatic nitrogens is 1. The number of carbonyl (C=O) groups excluding carboxylic acids is 1. The minimum absolute atomic E-state index is 0.168. The van der Waals surface area contributed by atoms with Gasteiger partial charge in [-0.05, 0) is 0 Å². The van der Waals surface area contributed by atoms with Gasteiger partial charge < -0.3 is 0 Å². The fourth-order valence-corrected chi connectivity index (χ4v) is 4.02. The van der Waals surface area contributed by atoms with Crippen LogP contribution in [-0.2, 0) is 8.53 Å². The van der Waals surface area contributed by atoms with E-state index in [1.807, 2.05) is 0 Å². The van der Waals surface area contributed by atoms with E-state index in [4.69, 9.17) is 4.42 Å². The number of phenols is 1. The van der Waals surface area contributed by atoms with Crippen molar-refractivity contribution < 1.29 is 26.2 Å². The number of anilines is 1. The van der Waals surface area contributed by atoms with Crippen LogP contribution in [0.5, 0.6) is 5.75 Å². The van der Waals surface area contributed by atoms with Gasteiger partial charge in [0.2, 0.25) is 0 Å². The Kier molecular flexibility index (Phi) is 4.20. The molecule has 1 heterocycles. The second-order valence-electron chi connectivity index (χ2n) is 5.53. The van der Waals surface area contributed by atoms with Gasteiger partial charge in [-0.1, -0.05) is 0 Å². The molecule has 3 rings (SSSR count). The van der Waals surface area contributed by atoms with Crippen molar-refractivity contribution in [2.75, 3.05) is 5.32 Å². The van der Waals surface area contributed by atoms with Crippen molar-refractivity contribution in [1.29, 1.82) is 0 Å². The van der Waals surface area contributed by atoms with Gasteiger partial charge in [-0.25, -0.2) is 0 Å². The molecule has 0 spiro atoms. The average molecular weight is 406 g/mol. The number of nitrogens with zero attached hydrogens (tertiary/aromatic N) is 1. The molecule has 0 aliphatic heterocycles. The van der Waals surface area contributed by atoms with E-state index in [1.165, 1.54) is 13.0 Å². The summed E-state index contributed by atoms with van der Waals surface area (Å²) >= 11 is -5.43. The van der Waals surface area contributed by atoms with Crippen LogP contribution >= 0.6 is 0 Å². The molecule has 0 bridgehead atoms. The first-order valence-corrected chi connectivity index (χ1v) is 10.6. The number of fused-ring (bicyclic) bond motifs is 1. The van der Waals surface area contributed by atoms with Gasteiger partial charge in [0.05, 0.1) is 0 Å². The summed E-state index contributed by atoms with van der Waals surface area (Å²) in [6.45, 7) is 2.97. The number of aryl methyl sites for hydroxylation is 1. The van der Waals surface area contributed by atoms with Gasteiger partial charge >= 0.3 is 145 Å². The summed E-state index contributed by atoms with van der Waals surface area (Å²) in [5.74, 6) is -0.457. The molecule has 1 amide bonds. The van der Waals surface area contributed by atoms with Crippen LogP contribution in [0.25, 0.3) is 22.2 Å². The first kappa shape index (κ1) is 17.3. The molecule has 0 unspecified atom stereocenters. The Morgan fingerprint density at radius 1 is 1.24 bits per heavy atom. The summed E-state index contributed by atoms with van der Waals surface area (Å²) in [7, 11) is 0. The van der Waals surface area contributed by atoms with Gasteiger partial charge in [0.1, 0.15) is 0 Å². The molecule has 3 aromatic rings. The molecule has 0 aliphatic rings. The van der Waals surface area contributed by atoms with Crippen molar-refractivity contribution in [2.24, 2.45) is 0 Å². The van der Waals surface area contributed by atoms with Gasteiger partial charge in [0, 0.05) is 0 Å². The van der Waals surface area contributed by atoms with E-state index in [0.29, 0.717) is 22.6 Å². The molecule has 9 heteroatoms. The second kappa shape index (κ2) is 6.07. The Balaban J connectivity index is 2.24. The normalized spacial score (nSPS) is 11.7. The number of carbonyl (C=O) groups is 1. The first-order valence-electron chi connectivity index (χ1n) is 7.23. The predicted octanol–water partition coefficient (Wildman–Crippen LogP) is 1.03. The van der Waals surface area contributed by atoms with Gasteiger partial charge in [-0.15, -0.1) is 0 Å². The Morgan fingerprint density at radius 2 is 1.96 bits per heavy atom. The van der Waals surface area contributed by atoms with Crippen LogP contribution in [0.3, 0.4) is 0 Å². The Bertz CT molecular complexity index is 1040. The van der Waals surface area contributed by atoms with Crippen LogP contribution in [0.2, 0.25) is 0 Å². The fraction of sp³-hybridized carbons (Fsp3) is 0.125. The van der Waals surface area contributed by atoms with Gasteiger partial charge in [0.25, 0.3) is 0 Å². The zero-order valence-electron chi connectivity index (χ0n) is 13.3. The third-order valence-electron chi connectivity index (χ3n) is 3.53. The monoisotopic (exact) mass is 406 g/mol. The number of aromatic hydroxyl groups is 1. The number of phenolic OH excluding ortho intramolecular Hbond substituents is 1. The molecule has 4 N–H and O–H groups in total. The first-order chi connectivity index (χ1) is 11.6. The molecule has 1 aromatic heterocycles. The summed E-state index contributed by atoms with van der Waals surface area (Å²) in [6, 6.07) is 7.45. The van der Waals surface area contributed by atoms with Crippen LogP contribution in [0.4, 0.5) is 5.69 Å². The number of hydrogen-bond acceptors (Lipinski definition) is 5. The SMILES string of the molecule is CC(=O)Nc1cc(-c2ccc3nc(C)oc3c2)c(O)c([As](=O)(O)O)c1. The summed E-state index contributed by atoms with van der Waals surface area (Å²) in [5, 5.41) is 12.9. The number of hydrogen-bond donors (Lipinski definition) is 4. The molecule has 0 radical (unpaired) electrons. The number of amides is 1. The Morgan fingerprint density at radius 3 is 2.60 bits per heavy atom. The quantitative estimate of drug-likeness (QED) is 0.377. The van der Waals surface area contributed by atoms with Crippen LogP contribution in [-0.4, -0.2) is 38.4 Å². The van der Waals surface area contributed by atoms with Crippen molar-refractivity contribution >= 4 is 41.2 Å². The molecule has 8 nitrogen and oxygen atoms in total. The van der Waals surface area contributed by atoms with Crippen molar-refractivity contribution in [3.05, 3.63) is 36.2 Å². The van der Waals surface area contributed by atoms with E-state index in [9.17, 15) is 21.8 Å². The third kappa shape index (κ3) is 3.46. The summed E-state index contributed by atoms with van der Waals surface area (Å²) in [6.07, 6.45) is 0. The number of benzene rings is 2. The summed E-state index contributed by atoms with van der Waals surface area (Å²) < 4.78 is 35.8. The molecule has 25 heavy (non-hydrogen) atoms. The van der Waals surface area contributed by atoms with E-state index >= 15 is 0 Å². The van der Waals surface area contributed by atoms with E-state index in [1.54, 1.807) is 25.1 Å². The zero-order valence-corrected chi connectivity index (χ0v) is 15.2. The van der Waals surface area contributed by atoms with Gasteiger partial charge in [-0.2, -0.15) is 0 Å². The third-order valence-corrected chi connectivity index (χ3v) is 5.56. The molecule has 130 valence electrons. The van der Waals surface area contributed by atoms with Crippen molar-refractivity contribution in [1.82, 2.24) is 4.98 Å². The van der Waals surface area contributed by atoms with Crippen LogP contribution < -0.4 is 9.67 Å². The van der Waals surface area contributed by atoms with Crippen molar-refractivity contribution in [2.45, 2.75) is 13.8 Å².